The van der Waals surface area contributed by atoms with E-state index in [1.165, 1.54) is 5.69 Å². The number of fused-ring (bicyclic) bond motifs is 2. The lowest BCUT2D eigenvalue weighted by atomic mass is 10.0. The molecule has 1 N–H and O–H groups in total. The first-order valence-electron chi connectivity index (χ1n) is 10.3. The van der Waals surface area contributed by atoms with Crippen LogP contribution in [0.1, 0.15) is 10.4 Å². The van der Waals surface area contributed by atoms with E-state index in [-0.39, 0.29) is 5.91 Å². The Labute approximate surface area is 175 Å². The highest BCUT2D eigenvalue weighted by molar-refractivity contribution is 6.13. The number of benzene rings is 3. The van der Waals surface area contributed by atoms with Gasteiger partial charge in [0.15, 0.2) is 0 Å². The number of likely N-dealkylation sites (N-methyl/N-ethyl adjacent to an activating group) is 1. The molecule has 1 aromatic heterocycles. The average molecular weight is 396 g/mol. The molecule has 4 aromatic rings. The van der Waals surface area contributed by atoms with Crippen molar-refractivity contribution in [2.45, 2.75) is 0 Å². The van der Waals surface area contributed by atoms with Crippen molar-refractivity contribution in [3.8, 4) is 0 Å². The second-order valence-electron chi connectivity index (χ2n) is 7.83. The Morgan fingerprint density at radius 1 is 0.900 bits per heavy atom. The minimum Gasteiger partial charge on any atom is -0.368 e. The minimum atomic E-state index is -0.101. The molecule has 0 aliphatic carbocycles. The number of carbonyl (C=O) groups is 1. The zero-order valence-corrected chi connectivity index (χ0v) is 17.0. The Bertz CT molecular complexity index is 1220. The Balaban J connectivity index is 1.47. The molecule has 0 bridgehead atoms. The number of amides is 1. The first-order chi connectivity index (χ1) is 14.7. The predicted octanol–water partition coefficient (Wildman–Crippen LogP) is 4.39. The van der Waals surface area contributed by atoms with Crippen molar-refractivity contribution in [2.24, 2.45) is 0 Å². The molecule has 2 heterocycles. The monoisotopic (exact) mass is 396 g/mol. The van der Waals surface area contributed by atoms with Crippen LogP contribution < -0.4 is 10.2 Å². The van der Waals surface area contributed by atoms with E-state index < -0.39 is 0 Å². The molecule has 5 heteroatoms. The topological polar surface area (TPSA) is 48.5 Å². The summed E-state index contributed by atoms with van der Waals surface area (Å²) >= 11 is 0. The normalized spacial score (nSPS) is 14.9. The molecule has 30 heavy (non-hydrogen) atoms. The van der Waals surface area contributed by atoms with Crippen molar-refractivity contribution < 1.29 is 4.79 Å². The molecule has 5 nitrogen and oxygen atoms in total. The third kappa shape index (κ3) is 3.48. The lowest BCUT2D eigenvalue weighted by Gasteiger charge is -2.34. The molecule has 0 atom stereocenters. The number of hydrogen-bond acceptors (Lipinski definition) is 4. The molecular weight excluding hydrogens is 372 g/mol. The van der Waals surface area contributed by atoms with Gasteiger partial charge in [-0.1, -0.05) is 36.4 Å². The van der Waals surface area contributed by atoms with E-state index >= 15 is 0 Å². The van der Waals surface area contributed by atoms with E-state index in [0.29, 0.717) is 5.56 Å². The van der Waals surface area contributed by atoms with Crippen LogP contribution in [0, 0.1) is 0 Å². The van der Waals surface area contributed by atoms with Gasteiger partial charge in [-0.05, 0) is 48.2 Å². The SMILES string of the molecule is CN1CCN(c2ccnc3ccc(NC(=O)c4cccc5ccccc45)cc23)CC1. The van der Waals surface area contributed by atoms with E-state index in [0.717, 1.165) is 53.5 Å². The summed E-state index contributed by atoms with van der Waals surface area (Å²) in [4.78, 5) is 22.3. The lowest BCUT2D eigenvalue weighted by Crippen LogP contribution is -2.44. The summed E-state index contributed by atoms with van der Waals surface area (Å²) < 4.78 is 0. The van der Waals surface area contributed by atoms with Gasteiger partial charge in [0, 0.05) is 54.7 Å². The number of aromatic nitrogens is 1. The smallest absolute Gasteiger partial charge is 0.256 e. The molecular formula is C25H24N4O. The molecule has 3 aromatic carbocycles. The van der Waals surface area contributed by atoms with Crippen molar-refractivity contribution in [2.75, 3.05) is 43.4 Å². The van der Waals surface area contributed by atoms with Crippen molar-refractivity contribution in [1.29, 1.82) is 0 Å². The second-order valence-corrected chi connectivity index (χ2v) is 7.83. The van der Waals surface area contributed by atoms with Gasteiger partial charge in [-0.15, -0.1) is 0 Å². The maximum Gasteiger partial charge on any atom is 0.256 e. The van der Waals surface area contributed by atoms with Crippen LogP contribution in [-0.2, 0) is 0 Å². The molecule has 150 valence electrons. The summed E-state index contributed by atoms with van der Waals surface area (Å²) in [6, 6.07) is 21.8. The minimum absolute atomic E-state index is 0.101. The number of carbonyl (C=O) groups excluding carboxylic acids is 1. The molecule has 0 spiro atoms. The summed E-state index contributed by atoms with van der Waals surface area (Å²) in [6.07, 6.45) is 1.87. The number of hydrogen-bond donors (Lipinski definition) is 1. The third-order valence-corrected chi connectivity index (χ3v) is 5.85. The average Bonchev–Trinajstić information content (AvgIpc) is 2.79. The number of nitrogens with zero attached hydrogens (tertiary/aromatic N) is 3. The Kier molecular flexibility index (Phi) is 4.81. The fourth-order valence-corrected chi connectivity index (χ4v) is 4.15. The Morgan fingerprint density at radius 3 is 2.57 bits per heavy atom. The summed E-state index contributed by atoms with van der Waals surface area (Å²) in [5.41, 5.74) is 3.58. The van der Waals surface area contributed by atoms with E-state index in [9.17, 15) is 4.79 Å². The number of anilines is 2. The van der Waals surface area contributed by atoms with E-state index in [1.807, 2.05) is 66.9 Å². The van der Waals surface area contributed by atoms with Crippen LogP contribution in [0.15, 0.2) is 72.9 Å². The van der Waals surface area contributed by atoms with Crippen LogP contribution in [-0.4, -0.2) is 49.0 Å². The van der Waals surface area contributed by atoms with Crippen LogP contribution in [0.25, 0.3) is 21.7 Å². The zero-order chi connectivity index (χ0) is 20.5. The first-order valence-corrected chi connectivity index (χ1v) is 10.3. The zero-order valence-electron chi connectivity index (χ0n) is 17.0. The standard InChI is InChI=1S/C25H24N4O/c1-28-13-15-29(16-14-28)24-11-12-26-23-10-9-19(17-22(23)24)27-25(30)21-8-4-6-18-5-2-3-7-20(18)21/h2-12,17H,13-16H2,1H3,(H,27,30). The second kappa shape index (κ2) is 7.76. The molecule has 5 rings (SSSR count). The van der Waals surface area contributed by atoms with Crippen molar-refractivity contribution >= 4 is 39.0 Å². The molecule has 0 unspecified atom stereocenters. The Hall–Kier alpha value is -3.44. The number of nitrogens with one attached hydrogen (secondary N) is 1. The lowest BCUT2D eigenvalue weighted by molar-refractivity contribution is 0.102. The Morgan fingerprint density at radius 2 is 1.70 bits per heavy atom. The molecule has 1 amide bonds. The summed E-state index contributed by atoms with van der Waals surface area (Å²) in [5.74, 6) is -0.101. The number of piperazine rings is 1. The quantitative estimate of drug-likeness (QED) is 0.558. The highest BCUT2D eigenvalue weighted by atomic mass is 16.1. The molecule has 0 saturated carbocycles. The van der Waals surface area contributed by atoms with Crippen LogP contribution in [0.2, 0.25) is 0 Å². The van der Waals surface area contributed by atoms with Gasteiger partial charge < -0.3 is 15.1 Å². The first kappa shape index (κ1) is 18.6. The predicted molar refractivity (Wildman–Crippen MR) is 123 cm³/mol. The van der Waals surface area contributed by atoms with Crippen molar-refractivity contribution in [3.63, 3.8) is 0 Å². The maximum atomic E-state index is 13.0. The largest absolute Gasteiger partial charge is 0.368 e. The van der Waals surface area contributed by atoms with E-state index in [1.54, 1.807) is 0 Å². The maximum absolute atomic E-state index is 13.0. The molecule has 1 aliphatic rings. The number of pyridine rings is 1. The fourth-order valence-electron chi connectivity index (χ4n) is 4.15. The molecule has 1 saturated heterocycles. The van der Waals surface area contributed by atoms with Crippen molar-refractivity contribution in [1.82, 2.24) is 9.88 Å². The van der Waals surface area contributed by atoms with Gasteiger partial charge in [-0.25, -0.2) is 0 Å². The van der Waals surface area contributed by atoms with Crippen molar-refractivity contribution in [3.05, 3.63) is 78.5 Å². The molecule has 1 fully saturated rings. The van der Waals surface area contributed by atoms with Gasteiger partial charge >= 0.3 is 0 Å². The van der Waals surface area contributed by atoms with Gasteiger partial charge in [0.2, 0.25) is 0 Å². The highest BCUT2D eigenvalue weighted by Crippen LogP contribution is 2.29. The van der Waals surface area contributed by atoms with Gasteiger partial charge in [0.05, 0.1) is 5.52 Å². The fraction of sp³-hybridized carbons (Fsp3) is 0.200. The summed E-state index contributed by atoms with van der Waals surface area (Å²) in [6.45, 7) is 4.06. The van der Waals surface area contributed by atoms with E-state index in [4.69, 9.17) is 0 Å². The molecule has 0 radical (unpaired) electrons. The van der Waals surface area contributed by atoms with Gasteiger partial charge in [-0.3, -0.25) is 9.78 Å². The highest BCUT2D eigenvalue weighted by Gasteiger charge is 2.17. The summed E-state index contributed by atoms with van der Waals surface area (Å²) in [7, 11) is 2.16. The van der Waals surface area contributed by atoms with Crippen LogP contribution in [0.3, 0.4) is 0 Å². The van der Waals surface area contributed by atoms with Gasteiger partial charge in [-0.2, -0.15) is 0 Å². The van der Waals surface area contributed by atoms with E-state index in [2.05, 4.69) is 33.2 Å². The number of rotatable bonds is 3. The van der Waals surface area contributed by atoms with Crippen LogP contribution in [0.4, 0.5) is 11.4 Å². The summed E-state index contributed by atoms with van der Waals surface area (Å²) in [5, 5.41) is 6.17. The van der Waals surface area contributed by atoms with Crippen LogP contribution in [0.5, 0.6) is 0 Å². The van der Waals surface area contributed by atoms with Crippen LogP contribution >= 0.6 is 0 Å². The van der Waals surface area contributed by atoms with Gasteiger partial charge in [0.25, 0.3) is 5.91 Å². The third-order valence-electron chi connectivity index (χ3n) is 5.85. The van der Waals surface area contributed by atoms with Gasteiger partial charge in [0.1, 0.15) is 0 Å². The molecule has 1 aliphatic heterocycles.